The second-order valence-electron chi connectivity index (χ2n) is 1.69. The van der Waals surface area contributed by atoms with E-state index in [2.05, 4.69) is 6.58 Å². The van der Waals surface area contributed by atoms with Crippen molar-refractivity contribution < 1.29 is 0 Å². The first kappa shape index (κ1) is 7.33. The van der Waals surface area contributed by atoms with E-state index < -0.39 is 0 Å². The number of nitriles is 1. The summed E-state index contributed by atoms with van der Waals surface area (Å²) in [6, 6.07) is 5.50. The van der Waals surface area contributed by atoms with E-state index in [1.54, 1.807) is 12.1 Å². The fraction of sp³-hybridized carbons (Fsp3) is 0. The van der Waals surface area contributed by atoms with Gasteiger partial charge in [0.15, 0.2) is 0 Å². The predicted octanol–water partition coefficient (Wildman–Crippen LogP) is 2.94. The van der Waals surface area contributed by atoms with Crippen molar-refractivity contribution in [2.24, 2.45) is 0 Å². The lowest BCUT2D eigenvalue weighted by Crippen LogP contribution is -1.66. The summed E-state index contributed by atoms with van der Waals surface area (Å²) < 4.78 is 0.686. The molecule has 50 valence electrons. The normalized spacial score (nSPS) is 8.80. The average molecular weight is 170 g/mol. The Morgan fingerprint density at radius 1 is 1.70 bits per heavy atom. The molecule has 0 spiro atoms. The zero-order chi connectivity index (χ0) is 7.56. The van der Waals surface area contributed by atoms with Crippen LogP contribution in [0.1, 0.15) is 4.88 Å². The molecule has 1 heterocycles. The summed E-state index contributed by atoms with van der Waals surface area (Å²) in [5.74, 6) is 0. The van der Waals surface area contributed by atoms with Gasteiger partial charge < -0.3 is 0 Å². The SMILES string of the molecule is C=C(C#N)c1ccc(Cl)s1. The van der Waals surface area contributed by atoms with Gasteiger partial charge in [0.2, 0.25) is 0 Å². The lowest BCUT2D eigenvalue weighted by Gasteiger charge is -1.84. The van der Waals surface area contributed by atoms with Crippen molar-refractivity contribution in [3.63, 3.8) is 0 Å². The maximum Gasteiger partial charge on any atom is 0.1000 e. The Balaban J connectivity index is 2.98. The van der Waals surface area contributed by atoms with Gasteiger partial charge in [-0.25, -0.2) is 0 Å². The number of halogens is 1. The molecule has 0 aliphatic rings. The van der Waals surface area contributed by atoms with Crippen LogP contribution in [0.2, 0.25) is 4.34 Å². The molecular formula is C7H4ClNS. The first-order chi connectivity index (χ1) is 4.74. The van der Waals surface area contributed by atoms with Crippen LogP contribution >= 0.6 is 22.9 Å². The highest BCUT2D eigenvalue weighted by Gasteiger charge is 1.99. The van der Waals surface area contributed by atoms with E-state index in [9.17, 15) is 0 Å². The van der Waals surface area contributed by atoms with Crippen molar-refractivity contribution >= 4 is 28.5 Å². The van der Waals surface area contributed by atoms with E-state index in [0.29, 0.717) is 9.91 Å². The number of thiophene rings is 1. The maximum atomic E-state index is 8.41. The quantitative estimate of drug-likeness (QED) is 0.593. The molecule has 0 unspecified atom stereocenters. The minimum absolute atomic E-state index is 0.469. The van der Waals surface area contributed by atoms with Gasteiger partial charge in [0.1, 0.15) is 0 Å². The highest BCUT2D eigenvalue weighted by atomic mass is 35.5. The molecule has 0 aliphatic carbocycles. The van der Waals surface area contributed by atoms with Gasteiger partial charge in [-0.05, 0) is 12.1 Å². The van der Waals surface area contributed by atoms with Gasteiger partial charge in [-0.15, -0.1) is 11.3 Å². The Labute approximate surface area is 68.2 Å². The van der Waals surface area contributed by atoms with Gasteiger partial charge in [-0.2, -0.15) is 5.26 Å². The molecule has 1 rings (SSSR count). The van der Waals surface area contributed by atoms with Gasteiger partial charge >= 0.3 is 0 Å². The lowest BCUT2D eigenvalue weighted by molar-refractivity contribution is 1.54. The van der Waals surface area contributed by atoms with Crippen LogP contribution in [0, 0.1) is 11.3 Å². The van der Waals surface area contributed by atoms with Gasteiger partial charge in [-0.3, -0.25) is 0 Å². The monoisotopic (exact) mass is 169 g/mol. The van der Waals surface area contributed by atoms with Gasteiger partial charge in [0.25, 0.3) is 0 Å². The van der Waals surface area contributed by atoms with Crippen LogP contribution in [-0.4, -0.2) is 0 Å². The molecule has 0 saturated carbocycles. The summed E-state index contributed by atoms with van der Waals surface area (Å²) in [4.78, 5) is 0.840. The Kier molecular flexibility index (Phi) is 2.10. The molecule has 10 heavy (non-hydrogen) atoms. The number of allylic oxidation sites excluding steroid dienone is 1. The maximum absolute atomic E-state index is 8.41. The van der Waals surface area contributed by atoms with Crippen molar-refractivity contribution in [1.82, 2.24) is 0 Å². The molecule has 0 saturated heterocycles. The van der Waals surface area contributed by atoms with Crippen LogP contribution in [0.25, 0.3) is 5.57 Å². The van der Waals surface area contributed by atoms with E-state index in [1.165, 1.54) is 11.3 Å². The van der Waals surface area contributed by atoms with Gasteiger partial charge in [0.05, 0.1) is 16.0 Å². The zero-order valence-corrected chi connectivity index (χ0v) is 6.67. The molecule has 0 atom stereocenters. The van der Waals surface area contributed by atoms with Crippen LogP contribution in [0.4, 0.5) is 0 Å². The minimum Gasteiger partial charge on any atom is -0.192 e. The largest absolute Gasteiger partial charge is 0.192 e. The lowest BCUT2D eigenvalue weighted by atomic mass is 10.3. The molecule has 0 amide bonds. The minimum atomic E-state index is 0.469. The van der Waals surface area contributed by atoms with E-state index in [4.69, 9.17) is 16.9 Å². The molecule has 1 nitrogen and oxygen atoms in total. The fourth-order valence-electron chi connectivity index (χ4n) is 0.532. The van der Waals surface area contributed by atoms with Crippen molar-refractivity contribution in [3.05, 3.63) is 27.9 Å². The Morgan fingerprint density at radius 2 is 2.40 bits per heavy atom. The highest BCUT2D eigenvalue weighted by Crippen LogP contribution is 2.25. The number of hydrogen-bond acceptors (Lipinski definition) is 2. The van der Waals surface area contributed by atoms with Crippen molar-refractivity contribution in [3.8, 4) is 6.07 Å². The third kappa shape index (κ3) is 1.38. The highest BCUT2D eigenvalue weighted by molar-refractivity contribution is 7.17. The molecule has 0 fully saturated rings. The van der Waals surface area contributed by atoms with Crippen LogP contribution in [0.5, 0.6) is 0 Å². The molecule has 1 aromatic heterocycles. The summed E-state index contributed by atoms with van der Waals surface area (Å²) in [7, 11) is 0. The van der Waals surface area contributed by atoms with E-state index in [0.717, 1.165) is 4.88 Å². The van der Waals surface area contributed by atoms with E-state index >= 15 is 0 Å². The van der Waals surface area contributed by atoms with Crippen LogP contribution in [-0.2, 0) is 0 Å². The molecule has 1 aromatic rings. The standard InChI is InChI=1S/C7H4ClNS/c1-5(4-9)6-2-3-7(8)10-6/h2-3H,1H2. The molecule has 0 aromatic carbocycles. The third-order valence-electron chi connectivity index (χ3n) is 1.01. The molecular weight excluding hydrogens is 166 g/mol. The van der Waals surface area contributed by atoms with Crippen molar-refractivity contribution in [2.75, 3.05) is 0 Å². The molecule has 0 aliphatic heterocycles. The molecule has 0 radical (unpaired) electrons. The Bertz CT molecular complexity index is 295. The second kappa shape index (κ2) is 2.87. The Hall–Kier alpha value is -0.780. The molecule has 0 N–H and O–H groups in total. The third-order valence-corrected chi connectivity index (χ3v) is 2.30. The van der Waals surface area contributed by atoms with Crippen LogP contribution in [0.3, 0.4) is 0 Å². The van der Waals surface area contributed by atoms with E-state index in [1.807, 2.05) is 6.07 Å². The van der Waals surface area contributed by atoms with E-state index in [-0.39, 0.29) is 0 Å². The Morgan fingerprint density at radius 3 is 2.80 bits per heavy atom. The van der Waals surface area contributed by atoms with Crippen LogP contribution in [0.15, 0.2) is 18.7 Å². The first-order valence-electron chi connectivity index (χ1n) is 2.59. The predicted molar refractivity (Wildman–Crippen MR) is 44.0 cm³/mol. The number of hydrogen-bond donors (Lipinski definition) is 0. The average Bonchev–Trinajstić information content (AvgIpc) is 2.34. The summed E-state index contributed by atoms with van der Waals surface area (Å²) in [6.45, 7) is 3.55. The summed E-state index contributed by atoms with van der Waals surface area (Å²) in [6.07, 6.45) is 0. The van der Waals surface area contributed by atoms with Gasteiger partial charge in [0, 0.05) is 4.88 Å². The second-order valence-corrected chi connectivity index (χ2v) is 3.41. The molecule has 0 bridgehead atoms. The number of rotatable bonds is 1. The first-order valence-corrected chi connectivity index (χ1v) is 3.78. The smallest absolute Gasteiger partial charge is 0.1000 e. The van der Waals surface area contributed by atoms with Crippen molar-refractivity contribution in [2.45, 2.75) is 0 Å². The van der Waals surface area contributed by atoms with Crippen molar-refractivity contribution in [1.29, 1.82) is 5.26 Å². The topological polar surface area (TPSA) is 23.8 Å². The summed E-state index contributed by atoms with van der Waals surface area (Å²) in [5, 5.41) is 8.41. The fourth-order valence-corrected chi connectivity index (χ4v) is 1.50. The summed E-state index contributed by atoms with van der Waals surface area (Å²) in [5.41, 5.74) is 0.469. The van der Waals surface area contributed by atoms with Gasteiger partial charge in [-0.1, -0.05) is 18.2 Å². The zero-order valence-electron chi connectivity index (χ0n) is 5.10. The van der Waals surface area contributed by atoms with Crippen LogP contribution < -0.4 is 0 Å². The summed E-state index contributed by atoms with van der Waals surface area (Å²) >= 11 is 6.99. The number of nitrogens with zero attached hydrogens (tertiary/aromatic N) is 1. The molecule has 3 heteroatoms.